The number of allylic oxidation sites excluding steroid dienone is 1. The van der Waals surface area contributed by atoms with Gasteiger partial charge in [0, 0.05) is 11.4 Å². The van der Waals surface area contributed by atoms with Crippen LogP contribution in [-0.4, -0.2) is 19.0 Å². The van der Waals surface area contributed by atoms with Gasteiger partial charge in [-0.25, -0.2) is 4.79 Å². The average molecular weight is 351 g/mol. The highest BCUT2D eigenvalue weighted by atomic mass is 16.5. The molecule has 2 heterocycles. The van der Waals surface area contributed by atoms with E-state index in [1.807, 2.05) is 24.3 Å². The number of furan rings is 1. The number of rotatable bonds is 4. The number of carbonyl (C=O) groups excluding carboxylic acids is 2. The van der Waals surface area contributed by atoms with E-state index in [9.17, 15) is 9.59 Å². The van der Waals surface area contributed by atoms with Gasteiger partial charge in [0.2, 0.25) is 0 Å². The van der Waals surface area contributed by atoms with Crippen molar-refractivity contribution < 1.29 is 18.7 Å². The fraction of sp³-hybridized carbons (Fsp3) is 0.238. The number of methoxy groups -OCH3 is 1. The van der Waals surface area contributed by atoms with E-state index >= 15 is 0 Å². The van der Waals surface area contributed by atoms with Crippen LogP contribution in [0.1, 0.15) is 38.0 Å². The molecule has 3 rings (SSSR count). The predicted octanol–water partition coefficient (Wildman–Crippen LogP) is 4.28. The maximum atomic E-state index is 13.1. The summed E-state index contributed by atoms with van der Waals surface area (Å²) in [7, 11) is 1.30. The molecular weight excluding hydrogens is 330 g/mol. The van der Waals surface area contributed by atoms with E-state index in [2.05, 4.69) is 13.8 Å². The molecule has 5 nitrogen and oxygen atoms in total. The number of ether oxygens (including phenoxy) is 1. The Labute approximate surface area is 152 Å². The molecule has 2 aromatic rings. The molecule has 0 unspecified atom stereocenters. The van der Waals surface area contributed by atoms with Crippen LogP contribution in [0.3, 0.4) is 0 Å². The second-order valence-electron chi connectivity index (χ2n) is 6.41. The van der Waals surface area contributed by atoms with Gasteiger partial charge in [0.15, 0.2) is 0 Å². The van der Waals surface area contributed by atoms with Gasteiger partial charge < -0.3 is 9.15 Å². The average Bonchev–Trinajstić information content (AvgIpc) is 3.22. The lowest BCUT2D eigenvalue weighted by Gasteiger charge is -2.18. The van der Waals surface area contributed by atoms with Gasteiger partial charge in [-0.15, -0.1) is 0 Å². The molecule has 26 heavy (non-hydrogen) atoms. The molecule has 0 fully saturated rings. The minimum atomic E-state index is -0.546. The van der Waals surface area contributed by atoms with Crippen LogP contribution in [0, 0.1) is 0 Å². The highest BCUT2D eigenvalue weighted by Crippen LogP contribution is 2.35. The number of hydrogen-bond donors (Lipinski definition) is 0. The van der Waals surface area contributed by atoms with Crippen molar-refractivity contribution in [2.24, 2.45) is 0 Å². The lowest BCUT2D eigenvalue weighted by Crippen LogP contribution is -2.24. The number of amides is 1. The second kappa shape index (κ2) is 7.04. The number of nitrogens with zero attached hydrogens (tertiary/aromatic N) is 1. The van der Waals surface area contributed by atoms with Crippen LogP contribution in [0.25, 0.3) is 6.08 Å². The second-order valence-corrected chi connectivity index (χ2v) is 6.41. The third kappa shape index (κ3) is 3.08. The van der Waals surface area contributed by atoms with E-state index in [0.717, 1.165) is 0 Å². The molecule has 0 spiro atoms. The number of hydrogen-bond acceptors (Lipinski definition) is 4. The number of anilines is 1. The Morgan fingerprint density at radius 2 is 1.88 bits per heavy atom. The van der Waals surface area contributed by atoms with Crippen molar-refractivity contribution in [3.8, 4) is 0 Å². The fourth-order valence-electron chi connectivity index (χ4n) is 3.01. The molecular formula is C21H21NO4. The highest BCUT2D eigenvalue weighted by molar-refractivity contribution is 6.23. The molecule has 0 radical (unpaired) electrons. The standard InChI is InChI=1S/C21H21NO4/c1-13(2)15-7-9-16(10-8-15)22-14(3)19(21(24)25-4)18(20(22)23)12-17-6-5-11-26-17/h5-13H,1-4H3/b18-12-. The van der Waals surface area contributed by atoms with Crippen LogP contribution in [0.5, 0.6) is 0 Å². The zero-order chi connectivity index (χ0) is 18.8. The Bertz CT molecular complexity index is 887. The number of esters is 1. The van der Waals surface area contributed by atoms with Gasteiger partial charge in [0.05, 0.1) is 24.5 Å². The molecule has 0 aliphatic carbocycles. The summed E-state index contributed by atoms with van der Waals surface area (Å²) in [5.41, 5.74) is 2.94. The van der Waals surface area contributed by atoms with Gasteiger partial charge >= 0.3 is 5.97 Å². The Balaban J connectivity index is 2.08. The SMILES string of the molecule is COC(=O)C1=C(C)N(c2ccc(C(C)C)cc2)C(=O)/C1=C\c1ccco1. The Morgan fingerprint density at radius 1 is 1.19 bits per heavy atom. The predicted molar refractivity (Wildman–Crippen MR) is 99.4 cm³/mol. The van der Waals surface area contributed by atoms with Crippen LogP contribution < -0.4 is 4.90 Å². The molecule has 0 bridgehead atoms. The zero-order valence-electron chi connectivity index (χ0n) is 15.3. The Kier molecular flexibility index (Phi) is 4.80. The molecule has 0 atom stereocenters. The minimum absolute atomic E-state index is 0.252. The first kappa shape index (κ1) is 17.7. The summed E-state index contributed by atoms with van der Waals surface area (Å²) in [5, 5.41) is 0. The van der Waals surface area contributed by atoms with Crippen LogP contribution in [0.2, 0.25) is 0 Å². The van der Waals surface area contributed by atoms with Gasteiger partial charge in [-0.2, -0.15) is 0 Å². The molecule has 1 aliphatic heterocycles. The molecule has 0 N–H and O–H groups in total. The zero-order valence-corrected chi connectivity index (χ0v) is 15.3. The summed E-state index contributed by atoms with van der Waals surface area (Å²) in [6.45, 7) is 5.96. The van der Waals surface area contributed by atoms with Crippen molar-refractivity contribution >= 4 is 23.6 Å². The van der Waals surface area contributed by atoms with Crippen molar-refractivity contribution in [2.45, 2.75) is 26.7 Å². The number of benzene rings is 1. The molecule has 1 aromatic carbocycles. The third-order valence-electron chi connectivity index (χ3n) is 4.44. The number of carbonyl (C=O) groups is 2. The maximum absolute atomic E-state index is 13.1. The van der Waals surface area contributed by atoms with E-state index in [1.54, 1.807) is 25.1 Å². The highest BCUT2D eigenvalue weighted by Gasteiger charge is 2.38. The molecule has 134 valence electrons. The quantitative estimate of drug-likeness (QED) is 0.609. The summed E-state index contributed by atoms with van der Waals surface area (Å²) in [4.78, 5) is 26.9. The van der Waals surface area contributed by atoms with Crippen molar-refractivity contribution in [3.63, 3.8) is 0 Å². The lowest BCUT2D eigenvalue weighted by atomic mass is 10.0. The summed E-state index contributed by atoms with van der Waals surface area (Å²) in [5.74, 6) is 0.0705. The van der Waals surface area contributed by atoms with E-state index in [0.29, 0.717) is 23.1 Å². The van der Waals surface area contributed by atoms with Gasteiger partial charge in [0.25, 0.3) is 5.91 Å². The molecule has 0 saturated heterocycles. The molecule has 1 aliphatic rings. The smallest absolute Gasteiger partial charge is 0.340 e. The molecule has 1 amide bonds. The van der Waals surface area contributed by atoms with Gasteiger partial charge in [0.1, 0.15) is 5.76 Å². The largest absolute Gasteiger partial charge is 0.465 e. The van der Waals surface area contributed by atoms with Crippen molar-refractivity contribution in [2.75, 3.05) is 12.0 Å². The van der Waals surface area contributed by atoms with Crippen LogP contribution in [0.4, 0.5) is 5.69 Å². The lowest BCUT2D eigenvalue weighted by molar-refractivity contribution is -0.136. The van der Waals surface area contributed by atoms with Gasteiger partial charge in [-0.3, -0.25) is 9.69 Å². The monoisotopic (exact) mass is 351 g/mol. The molecule has 5 heteroatoms. The van der Waals surface area contributed by atoms with Gasteiger partial charge in [-0.1, -0.05) is 26.0 Å². The topological polar surface area (TPSA) is 59.8 Å². The minimum Gasteiger partial charge on any atom is -0.465 e. The van der Waals surface area contributed by atoms with E-state index in [4.69, 9.17) is 9.15 Å². The van der Waals surface area contributed by atoms with Gasteiger partial charge in [-0.05, 0) is 48.7 Å². The Morgan fingerprint density at radius 3 is 2.42 bits per heavy atom. The molecule has 1 aromatic heterocycles. The Hall–Kier alpha value is -3.08. The normalized spacial score (nSPS) is 16.1. The van der Waals surface area contributed by atoms with Crippen molar-refractivity contribution in [1.82, 2.24) is 0 Å². The first-order chi connectivity index (χ1) is 12.4. The van der Waals surface area contributed by atoms with E-state index in [-0.39, 0.29) is 17.1 Å². The summed E-state index contributed by atoms with van der Waals surface area (Å²) in [6.07, 6.45) is 3.09. The van der Waals surface area contributed by atoms with Crippen molar-refractivity contribution in [1.29, 1.82) is 0 Å². The summed E-state index contributed by atoms with van der Waals surface area (Å²) in [6, 6.07) is 11.2. The van der Waals surface area contributed by atoms with Crippen LogP contribution in [0.15, 0.2) is 63.9 Å². The summed E-state index contributed by atoms with van der Waals surface area (Å²) < 4.78 is 10.2. The first-order valence-corrected chi connectivity index (χ1v) is 8.43. The molecule has 0 saturated carbocycles. The maximum Gasteiger partial charge on any atom is 0.340 e. The van der Waals surface area contributed by atoms with Crippen LogP contribution >= 0.6 is 0 Å². The first-order valence-electron chi connectivity index (χ1n) is 8.43. The van der Waals surface area contributed by atoms with Crippen LogP contribution in [-0.2, 0) is 14.3 Å². The van der Waals surface area contributed by atoms with Crippen molar-refractivity contribution in [3.05, 3.63) is 70.8 Å². The summed E-state index contributed by atoms with van der Waals surface area (Å²) >= 11 is 0. The fourth-order valence-corrected chi connectivity index (χ4v) is 3.01. The third-order valence-corrected chi connectivity index (χ3v) is 4.44. The van der Waals surface area contributed by atoms with E-state index in [1.165, 1.54) is 23.8 Å². The van der Waals surface area contributed by atoms with E-state index < -0.39 is 5.97 Å².